The lowest BCUT2D eigenvalue weighted by molar-refractivity contribution is 0.423. The van der Waals surface area contributed by atoms with E-state index in [-0.39, 0.29) is 11.2 Å². The third-order valence-electron chi connectivity index (χ3n) is 4.96. The molecule has 0 saturated carbocycles. The Kier molecular flexibility index (Phi) is 4.98. The zero-order valence-corrected chi connectivity index (χ0v) is 16.8. The van der Waals surface area contributed by atoms with Gasteiger partial charge in [-0.15, -0.1) is 15.0 Å². The van der Waals surface area contributed by atoms with Crippen LogP contribution in [0.4, 0.5) is 0 Å². The molecule has 3 rings (SSSR count). The molecule has 0 radical (unpaired) electrons. The lowest BCUT2D eigenvalue weighted by Gasteiger charge is -2.26. The second-order valence-electron chi connectivity index (χ2n) is 7.97. The monoisotopic (exact) mass is 371 g/mol. The van der Waals surface area contributed by atoms with Crippen molar-refractivity contribution in [3.05, 3.63) is 46.5 Å². The number of rotatable bonds is 5. The zero-order chi connectivity index (χ0) is 19.1. The van der Waals surface area contributed by atoms with E-state index < -0.39 is 0 Å². The molecule has 1 heterocycles. The van der Waals surface area contributed by atoms with E-state index in [0.29, 0.717) is 22.1 Å². The second-order valence-corrected chi connectivity index (χ2v) is 8.41. The maximum absolute atomic E-state index is 11.0. The van der Waals surface area contributed by atoms with Gasteiger partial charge in [0.2, 0.25) is 0 Å². The van der Waals surface area contributed by atoms with Gasteiger partial charge in [0, 0.05) is 10.6 Å². The first-order valence-electron chi connectivity index (χ1n) is 9.10. The Labute approximate surface area is 159 Å². The standard InChI is InChI=1S/C21H26ClN3O/c1-6-21(4,5)16-10-14(9-13(2)3)11-19(20(16)26)25-23-17-8-7-15(22)12-18(17)24-25/h7-8,10-13,26H,6,9H2,1-5H3. The van der Waals surface area contributed by atoms with Crippen LogP contribution in [0.25, 0.3) is 16.7 Å². The van der Waals surface area contributed by atoms with Crippen molar-refractivity contribution in [3.8, 4) is 11.4 Å². The molecule has 4 nitrogen and oxygen atoms in total. The van der Waals surface area contributed by atoms with Crippen molar-refractivity contribution in [2.45, 2.75) is 52.9 Å². The van der Waals surface area contributed by atoms with Crippen molar-refractivity contribution in [1.29, 1.82) is 0 Å². The first-order chi connectivity index (χ1) is 12.2. The Balaban J connectivity index is 2.22. The minimum atomic E-state index is -0.137. The number of aromatic nitrogens is 3. The second kappa shape index (κ2) is 6.92. The zero-order valence-electron chi connectivity index (χ0n) is 16.0. The van der Waals surface area contributed by atoms with Gasteiger partial charge in [0.15, 0.2) is 0 Å². The van der Waals surface area contributed by atoms with Crippen molar-refractivity contribution in [2.24, 2.45) is 5.92 Å². The predicted octanol–water partition coefficient (Wildman–Crippen LogP) is 5.67. The number of benzene rings is 2. The Morgan fingerprint density at radius 1 is 1.12 bits per heavy atom. The molecule has 0 saturated heterocycles. The Morgan fingerprint density at radius 2 is 1.81 bits per heavy atom. The molecule has 0 unspecified atom stereocenters. The maximum atomic E-state index is 11.0. The van der Waals surface area contributed by atoms with Crippen LogP contribution in [0.3, 0.4) is 0 Å². The molecular formula is C21H26ClN3O. The van der Waals surface area contributed by atoms with E-state index in [2.05, 4.69) is 50.9 Å². The molecule has 2 aromatic carbocycles. The van der Waals surface area contributed by atoms with Crippen molar-refractivity contribution in [2.75, 3.05) is 0 Å². The molecule has 0 spiro atoms. The fraction of sp³-hybridized carbons (Fsp3) is 0.429. The molecule has 1 aromatic heterocycles. The fourth-order valence-corrected chi connectivity index (χ4v) is 3.29. The molecule has 0 bridgehead atoms. The summed E-state index contributed by atoms with van der Waals surface area (Å²) in [6, 6.07) is 9.54. The quantitative estimate of drug-likeness (QED) is 0.629. The van der Waals surface area contributed by atoms with Crippen LogP contribution >= 0.6 is 11.6 Å². The molecule has 0 atom stereocenters. The summed E-state index contributed by atoms with van der Waals surface area (Å²) in [5.41, 5.74) is 4.06. The summed E-state index contributed by atoms with van der Waals surface area (Å²) in [6.45, 7) is 10.8. The third-order valence-corrected chi connectivity index (χ3v) is 5.20. The highest BCUT2D eigenvalue weighted by Crippen LogP contribution is 2.38. The van der Waals surface area contributed by atoms with Crippen LogP contribution < -0.4 is 0 Å². The average molecular weight is 372 g/mol. The van der Waals surface area contributed by atoms with Crippen molar-refractivity contribution >= 4 is 22.6 Å². The average Bonchev–Trinajstić information content (AvgIpc) is 2.98. The van der Waals surface area contributed by atoms with Crippen LogP contribution in [0, 0.1) is 5.92 Å². The number of hydrogen-bond donors (Lipinski definition) is 1. The molecule has 138 valence electrons. The Hall–Kier alpha value is -2.07. The number of hydrogen-bond acceptors (Lipinski definition) is 3. The summed E-state index contributed by atoms with van der Waals surface area (Å²) in [5.74, 6) is 0.768. The van der Waals surface area contributed by atoms with Gasteiger partial charge in [0.25, 0.3) is 0 Å². The van der Waals surface area contributed by atoms with Crippen LogP contribution in [-0.2, 0) is 11.8 Å². The van der Waals surface area contributed by atoms with Crippen LogP contribution in [0.1, 0.15) is 52.2 Å². The lowest BCUT2D eigenvalue weighted by atomic mass is 9.80. The number of phenolic OH excluding ortho intramolecular Hbond substituents is 1. The van der Waals surface area contributed by atoms with Crippen molar-refractivity contribution in [1.82, 2.24) is 15.0 Å². The fourth-order valence-electron chi connectivity index (χ4n) is 3.12. The molecule has 3 aromatic rings. The van der Waals surface area contributed by atoms with E-state index in [9.17, 15) is 5.11 Å². The predicted molar refractivity (Wildman–Crippen MR) is 107 cm³/mol. The first kappa shape index (κ1) is 18.7. The number of aromatic hydroxyl groups is 1. The highest BCUT2D eigenvalue weighted by atomic mass is 35.5. The highest BCUT2D eigenvalue weighted by Gasteiger charge is 2.26. The molecule has 0 aliphatic carbocycles. The minimum Gasteiger partial charge on any atom is -0.505 e. The first-order valence-corrected chi connectivity index (χ1v) is 9.48. The summed E-state index contributed by atoms with van der Waals surface area (Å²) < 4.78 is 0. The molecule has 0 amide bonds. The number of halogens is 1. The number of phenols is 1. The van der Waals surface area contributed by atoms with Crippen LogP contribution in [0.5, 0.6) is 5.75 Å². The summed E-state index contributed by atoms with van der Waals surface area (Å²) in [5, 5.41) is 20.7. The van der Waals surface area contributed by atoms with Gasteiger partial charge in [0.05, 0.1) is 0 Å². The summed E-state index contributed by atoms with van der Waals surface area (Å²) in [6.07, 6.45) is 1.86. The van der Waals surface area contributed by atoms with Gasteiger partial charge in [0.1, 0.15) is 22.5 Å². The molecule has 0 aliphatic rings. The van der Waals surface area contributed by atoms with Gasteiger partial charge in [-0.3, -0.25) is 0 Å². The number of fused-ring (bicyclic) bond motifs is 1. The van der Waals surface area contributed by atoms with Crippen LogP contribution in [0.15, 0.2) is 30.3 Å². The summed E-state index contributed by atoms with van der Waals surface area (Å²) in [7, 11) is 0. The highest BCUT2D eigenvalue weighted by molar-refractivity contribution is 6.31. The van der Waals surface area contributed by atoms with Crippen LogP contribution in [0.2, 0.25) is 5.02 Å². The molecule has 0 aliphatic heterocycles. The van der Waals surface area contributed by atoms with E-state index in [0.717, 1.165) is 23.9 Å². The lowest BCUT2D eigenvalue weighted by Crippen LogP contribution is -2.17. The molecular weight excluding hydrogens is 346 g/mol. The SMILES string of the molecule is CCC(C)(C)c1cc(CC(C)C)cc(-n2nc3ccc(Cl)cc3n2)c1O. The van der Waals surface area contributed by atoms with Gasteiger partial charge in [-0.25, -0.2) is 0 Å². The van der Waals surface area contributed by atoms with E-state index in [1.807, 2.05) is 12.1 Å². The van der Waals surface area contributed by atoms with E-state index in [1.165, 1.54) is 10.4 Å². The Bertz CT molecular complexity index is 944. The topological polar surface area (TPSA) is 50.9 Å². The van der Waals surface area contributed by atoms with Crippen LogP contribution in [-0.4, -0.2) is 20.1 Å². The normalized spacial score (nSPS) is 12.3. The third kappa shape index (κ3) is 3.56. The molecule has 1 N–H and O–H groups in total. The van der Waals surface area contributed by atoms with E-state index in [1.54, 1.807) is 12.1 Å². The molecule has 5 heteroatoms. The smallest absolute Gasteiger partial charge is 0.146 e. The van der Waals surface area contributed by atoms with Crippen molar-refractivity contribution in [3.63, 3.8) is 0 Å². The van der Waals surface area contributed by atoms with E-state index >= 15 is 0 Å². The Morgan fingerprint density at radius 3 is 2.46 bits per heavy atom. The van der Waals surface area contributed by atoms with Gasteiger partial charge in [-0.05, 0) is 54.0 Å². The minimum absolute atomic E-state index is 0.137. The maximum Gasteiger partial charge on any atom is 0.146 e. The van der Waals surface area contributed by atoms with Gasteiger partial charge in [-0.1, -0.05) is 52.3 Å². The molecule has 0 fully saturated rings. The largest absolute Gasteiger partial charge is 0.505 e. The van der Waals surface area contributed by atoms with Gasteiger partial charge < -0.3 is 5.11 Å². The molecule has 26 heavy (non-hydrogen) atoms. The number of nitrogens with zero attached hydrogens (tertiary/aromatic N) is 3. The van der Waals surface area contributed by atoms with Crippen molar-refractivity contribution < 1.29 is 5.11 Å². The van der Waals surface area contributed by atoms with E-state index in [4.69, 9.17) is 11.6 Å². The van der Waals surface area contributed by atoms with Gasteiger partial charge >= 0.3 is 0 Å². The summed E-state index contributed by atoms with van der Waals surface area (Å²) in [4.78, 5) is 1.52. The summed E-state index contributed by atoms with van der Waals surface area (Å²) >= 11 is 6.07. The van der Waals surface area contributed by atoms with Gasteiger partial charge in [-0.2, -0.15) is 0 Å².